The normalized spacial score (nSPS) is 13.8. The van der Waals surface area contributed by atoms with Crippen LogP contribution < -0.4 is 20.1 Å². The molecular formula is C18H18N4O4S2. The maximum absolute atomic E-state index is 12.5. The fraction of sp³-hybridized carbons (Fsp3) is 0.278. The minimum absolute atomic E-state index is 0.123. The number of hydrogen-bond acceptors (Lipinski definition) is 9. The number of hydrogen-bond donors (Lipinski definition) is 2. The van der Waals surface area contributed by atoms with Gasteiger partial charge in [0.1, 0.15) is 19.0 Å². The number of amides is 1. The average Bonchev–Trinajstić information content (AvgIpc) is 3.38. The molecule has 8 nitrogen and oxygen atoms in total. The van der Waals surface area contributed by atoms with Crippen LogP contribution in [0, 0.1) is 0 Å². The second-order valence-corrected chi connectivity index (χ2v) is 8.48. The van der Waals surface area contributed by atoms with E-state index < -0.39 is 0 Å². The number of carbonyl (C=O) groups excluding carboxylic acids is 1. The molecule has 10 heteroatoms. The van der Waals surface area contributed by atoms with Gasteiger partial charge in [0, 0.05) is 11.8 Å². The topological polar surface area (TPSA) is 98.5 Å². The molecule has 1 aliphatic heterocycles. The smallest absolute Gasteiger partial charge is 0.237 e. The van der Waals surface area contributed by atoms with Gasteiger partial charge in [-0.25, -0.2) is 0 Å². The molecule has 0 saturated heterocycles. The molecule has 1 aliphatic rings. The van der Waals surface area contributed by atoms with Crippen molar-refractivity contribution in [3.8, 4) is 11.5 Å². The van der Waals surface area contributed by atoms with Crippen LogP contribution in [0.15, 0.2) is 45.4 Å². The summed E-state index contributed by atoms with van der Waals surface area (Å²) in [5, 5.41) is 14.6. The first kappa shape index (κ1) is 18.6. The first-order valence-electron chi connectivity index (χ1n) is 8.64. The summed E-state index contributed by atoms with van der Waals surface area (Å²) in [7, 11) is 0. The molecule has 1 aromatic carbocycles. The summed E-state index contributed by atoms with van der Waals surface area (Å²) in [6.07, 6.45) is 1.63. The monoisotopic (exact) mass is 418 g/mol. The Hall–Kier alpha value is -2.72. The third-order valence-electron chi connectivity index (χ3n) is 3.86. The van der Waals surface area contributed by atoms with Gasteiger partial charge in [-0.2, -0.15) is 0 Å². The molecule has 1 amide bonds. The highest BCUT2D eigenvalue weighted by Gasteiger charge is 2.19. The molecule has 146 valence electrons. The van der Waals surface area contributed by atoms with Crippen molar-refractivity contribution in [2.45, 2.75) is 23.1 Å². The van der Waals surface area contributed by atoms with Gasteiger partial charge in [0.2, 0.25) is 11.0 Å². The molecule has 0 fully saturated rings. The van der Waals surface area contributed by atoms with Crippen molar-refractivity contribution in [1.82, 2.24) is 10.2 Å². The molecule has 28 heavy (non-hydrogen) atoms. The predicted molar refractivity (Wildman–Crippen MR) is 107 cm³/mol. The number of thioether (sulfide) groups is 1. The molecular weight excluding hydrogens is 400 g/mol. The summed E-state index contributed by atoms with van der Waals surface area (Å²) in [4.78, 5) is 12.5. The van der Waals surface area contributed by atoms with E-state index in [-0.39, 0.29) is 11.2 Å². The summed E-state index contributed by atoms with van der Waals surface area (Å²) >= 11 is 2.75. The van der Waals surface area contributed by atoms with Crippen molar-refractivity contribution in [2.24, 2.45) is 0 Å². The van der Waals surface area contributed by atoms with Crippen molar-refractivity contribution < 1.29 is 18.7 Å². The Morgan fingerprint density at radius 1 is 1.25 bits per heavy atom. The van der Waals surface area contributed by atoms with E-state index >= 15 is 0 Å². The number of nitrogens with one attached hydrogen (secondary N) is 2. The molecule has 3 heterocycles. The highest BCUT2D eigenvalue weighted by atomic mass is 32.2. The van der Waals surface area contributed by atoms with E-state index in [1.165, 1.54) is 23.1 Å². The van der Waals surface area contributed by atoms with Crippen molar-refractivity contribution in [1.29, 1.82) is 0 Å². The molecule has 3 aromatic rings. The number of rotatable bonds is 7. The molecule has 4 rings (SSSR count). The molecule has 0 radical (unpaired) electrons. The van der Waals surface area contributed by atoms with Gasteiger partial charge in [-0.05, 0) is 31.2 Å². The highest BCUT2D eigenvalue weighted by Crippen LogP contribution is 2.33. The van der Waals surface area contributed by atoms with E-state index in [0.717, 1.165) is 5.76 Å². The summed E-state index contributed by atoms with van der Waals surface area (Å²) in [5.74, 6) is 2.02. The predicted octanol–water partition coefficient (Wildman–Crippen LogP) is 3.63. The van der Waals surface area contributed by atoms with Crippen LogP contribution in [0.4, 0.5) is 10.8 Å². The molecule has 0 unspecified atom stereocenters. The van der Waals surface area contributed by atoms with Crippen LogP contribution in [-0.4, -0.2) is 34.6 Å². The molecule has 1 atom stereocenters. The minimum Gasteiger partial charge on any atom is -0.486 e. The maximum Gasteiger partial charge on any atom is 0.237 e. The van der Waals surface area contributed by atoms with E-state index in [4.69, 9.17) is 13.9 Å². The number of aromatic nitrogens is 2. The number of furan rings is 1. The average molecular weight is 419 g/mol. The van der Waals surface area contributed by atoms with Crippen LogP contribution in [0.3, 0.4) is 0 Å². The first-order chi connectivity index (χ1) is 13.7. The van der Waals surface area contributed by atoms with E-state index in [1.54, 1.807) is 24.5 Å². The van der Waals surface area contributed by atoms with Gasteiger partial charge in [0.15, 0.2) is 15.8 Å². The fourth-order valence-corrected chi connectivity index (χ4v) is 4.37. The van der Waals surface area contributed by atoms with E-state index in [1.807, 2.05) is 19.1 Å². The number of carbonyl (C=O) groups is 1. The molecule has 0 spiro atoms. The van der Waals surface area contributed by atoms with Crippen molar-refractivity contribution in [3.05, 3.63) is 42.4 Å². The van der Waals surface area contributed by atoms with Crippen LogP contribution >= 0.6 is 23.1 Å². The Morgan fingerprint density at radius 3 is 2.93 bits per heavy atom. The van der Waals surface area contributed by atoms with Crippen LogP contribution in [0.1, 0.15) is 12.7 Å². The zero-order chi connectivity index (χ0) is 19.3. The molecule has 0 bridgehead atoms. The summed E-state index contributed by atoms with van der Waals surface area (Å²) < 4.78 is 17.0. The van der Waals surface area contributed by atoms with Gasteiger partial charge in [0.25, 0.3) is 0 Å². The number of fused-ring (bicyclic) bond motifs is 1. The van der Waals surface area contributed by atoms with Crippen molar-refractivity contribution in [2.75, 3.05) is 23.8 Å². The number of anilines is 2. The number of benzene rings is 1. The SMILES string of the molecule is C[C@@H](Sc1nnc(NCc2ccco2)s1)C(=O)Nc1ccc2c(c1)OCCO2. The second kappa shape index (κ2) is 8.53. The van der Waals surface area contributed by atoms with Crippen molar-refractivity contribution >= 4 is 39.8 Å². The zero-order valence-electron chi connectivity index (χ0n) is 15.0. The summed E-state index contributed by atoms with van der Waals surface area (Å²) in [5.41, 5.74) is 0.666. The maximum atomic E-state index is 12.5. The van der Waals surface area contributed by atoms with Gasteiger partial charge in [-0.1, -0.05) is 23.1 Å². The number of ether oxygens (including phenoxy) is 2. The Morgan fingerprint density at radius 2 is 2.11 bits per heavy atom. The van der Waals surface area contributed by atoms with Gasteiger partial charge in [-0.3, -0.25) is 4.79 Å². The quantitative estimate of drug-likeness (QED) is 0.561. The van der Waals surface area contributed by atoms with Gasteiger partial charge >= 0.3 is 0 Å². The lowest BCUT2D eigenvalue weighted by molar-refractivity contribution is -0.115. The van der Waals surface area contributed by atoms with Crippen molar-refractivity contribution in [3.63, 3.8) is 0 Å². The second-order valence-electron chi connectivity index (χ2n) is 5.91. The Bertz CT molecular complexity index is 945. The van der Waals surface area contributed by atoms with E-state index in [0.29, 0.717) is 46.4 Å². The highest BCUT2D eigenvalue weighted by molar-refractivity contribution is 8.02. The van der Waals surface area contributed by atoms with Crippen LogP contribution in [0.2, 0.25) is 0 Å². The van der Waals surface area contributed by atoms with Gasteiger partial charge in [-0.15, -0.1) is 10.2 Å². The Kier molecular flexibility index (Phi) is 5.68. The number of nitrogens with zero attached hydrogens (tertiary/aromatic N) is 2. The van der Waals surface area contributed by atoms with Crippen LogP contribution in [-0.2, 0) is 11.3 Å². The molecule has 0 saturated carbocycles. The third-order valence-corrected chi connectivity index (χ3v) is 5.92. The Labute approximate surface area is 169 Å². The molecule has 2 N–H and O–H groups in total. The fourth-order valence-electron chi connectivity index (χ4n) is 2.47. The van der Waals surface area contributed by atoms with Crippen LogP contribution in [0.25, 0.3) is 0 Å². The van der Waals surface area contributed by atoms with Crippen LogP contribution in [0.5, 0.6) is 11.5 Å². The third kappa shape index (κ3) is 4.57. The molecule has 0 aliphatic carbocycles. The lowest BCUT2D eigenvalue weighted by atomic mass is 10.2. The van der Waals surface area contributed by atoms with Gasteiger partial charge in [0.05, 0.1) is 18.1 Å². The molecule has 2 aromatic heterocycles. The first-order valence-corrected chi connectivity index (χ1v) is 10.3. The minimum atomic E-state index is -0.334. The van der Waals surface area contributed by atoms with E-state index in [2.05, 4.69) is 20.8 Å². The largest absolute Gasteiger partial charge is 0.486 e. The van der Waals surface area contributed by atoms with E-state index in [9.17, 15) is 4.79 Å². The van der Waals surface area contributed by atoms with Gasteiger partial charge < -0.3 is 24.5 Å². The summed E-state index contributed by atoms with van der Waals surface area (Å²) in [6, 6.07) is 9.08. The lowest BCUT2D eigenvalue weighted by Gasteiger charge is -2.19. The standard InChI is InChI=1S/C18H18N4O4S2/c1-11(16(23)20-12-4-5-14-15(9-12)26-8-7-25-14)27-18-22-21-17(28-18)19-10-13-3-2-6-24-13/h2-6,9,11H,7-8,10H2,1H3,(H,19,21)(H,20,23)/t11-/m1/s1. The Balaban J connectivity index is 1.30. The zero-order valence-corrected chi connectivity index (χ0v) is 16.6. The lowest BCUT2D eigenvalue weighted by Crippen LogP contribution is -2.22. The summed E-state index contributed by atoms with van der Waals surface area (Å²) in [6.45, 7) is 3.40.